The summed E-state index contributed by atoms with van der Waals surface area (Å²) in [6, 6.07) is 15.1. The highest BCUT2D eigenvalue weighted by atomic mass is 32.1. The lowest BCUT2D eigenvalue weighted by molar-refractivity contribution is 0.552. The highest BCUT2D eigenvalue weighted by molar-refractivity contribution is 7.08. The van der Waals surface area contributed by atoms with E-state index in [1.807, 2.05) is 0 Å². The molecule has 1 unspecified atom stereocenters. The van der Waals surface area contributed by atoms with Gasteiger partial charge in [0.25, 0.3) is 0 Å². The lowest BCUT2D eigenvalue weighted by Crippen LogP contribution is -2.29. The van der Waals surface area contributed by atoms with Crippen LogP contribution in [0.4, 0.5) is 0 Å². The Morgan fingerprint density at radius 3 is 2.65 bits per heavy atom. The van der Waals surface area contributed by atoms with Crippen molar-refractivity contribution in [2.24, 2.45) is 5.84 Å². The summed E-state index contributed by atoms with van der Waals surface area (Å²) < 4.78 is 0. The molecule has 0 aliphatic carbocycles. The van der Waals surface area contributed by atoms with Gasteiger partial charge in [-0.15, -0.1) is 0 Å². The Balaban J connectivity index is 1.98. The molecule has 0 radical (unpaired) electrons. The molecule has 20 heavy (non-hydrogen) atoms. The molecule has 1 aromatic heterocycles. The van der Waals surface area contributed by atoms with Gasteiger partial charge in [0.2, 0.25) is 0 Å². The Kier molecular flexibility index (Phi) is 3.83. The van der Waals surface area contributed by atoms with Crippen LogP contribution in [-0.4, -0.2) is 0 Å². The Morgan fingerprint density at radius 1 is 1.10 bits per heavy atom. The predicted octanol–water partition coefficient (Wildman–Crippen LogP) is 3.96. The van der Waals surface area contributed by atoms with Crippen molar-refractivity contribution in [3.8, 4) is 0 Å². The van der Waals surface area contributed by atoms with E-state index in [0.717, 1.165) is 6.42 Å². The number of nitrogens with one attached hydrogen (secondary N) is 1. The van der Waals surface area contributed by atoms with E-state index < -0.39 is 0 Å². The van der Waals surface area contributed by atoms with Crippen molar-refractivity contribution in [2.45, 2.75) is 19.4 Å². The van der Waals surface area contributed by atoms with Gasteiger partial charge >= 0.3 is 0 Å². The zero-order chi connectivity index (χ0) is 13.9. The summed E-state index contributed by atoms with van der Waals surface area (Å²) in [6.45, 7) is 2.14. The lowest BCUT2D eigenvalue weighted by atomic mass is 9.95. The van der Waals surface area contributed by atoms with Gasteiger partial charge in [-0.25, -0.2) is 0 Å². The first-order valence-corrected chi connectivity index (χ1v) is 7.69. The molecule has 0 bridgehead atoms. The Bertz CT molecular complexity index is 712. The van der Waals surface area contributed by atoms with Gasteiger partial charge in [-0.3, -0.25) is 11.3 Å². The van der Waals surface area contributed by atoms with Crippen molar-refractivity contribution >= 4 is 22.1 Å². The Morgan fingerprint density at radius 2 is 1.90 bits per heavy atom. The average molecular weight is 282 g/mol. The van der Waals surface area contributed by atoms with E-state index in [0.29, 0.717) is 0 Å². The third-order valence-corrected chi connectivity index (χ3v) is 4.66. The first-order valence-electron chi connectivity index (χ1n) is 6.75. The molecular weight excluding hydrogens is 264 g/mol. The largest absolute Gasteiger partial charge is 0.271 e. The van der Waals surface area contributed by atoms with Crippen LogP contribution in [0.15, 0.2) is 53.2 Å². The minimum Gasteiger partial charge on any atom is -0.271 e. The van der Waals surface area contributed by atoms with Crippen molar-refractivity contribution < 1.29 is 0 Å². The van der Waals surface area contributed by atoms with E-state index in [1.54, 1.807) is 11.3 Å². The molecule has 0 spiro atoms. The minimum absolute atomic E-state index is 0.159. The summed E-state index contributed by atoms with van der Waals surface area (Å²) in [5, 5.41) is 6.94. The molecule has 0 saturated carbocycles. The second-order valence-corrected chi connectivity index (χ2v) is 5.82. The maximum atomic E-state index is 5.78. The number of hydrazine groups is 1. The molecule has 0 saturated heterocycles. The zero-order valence-corrected chi connectivity index (χ0v) is 12.3. The van der Waals surface area contributed by atoms with Crippen molar-refractivity contribution in [3.05, 3.63) is 69.9 Å². The fourth-order valence-electron chi connectivity index (χ4n) is 2.68. The minimum atomic E-state index is 0.159. The molecule has 2 aromatic carbocycles. The monoisotopic (exact) mass is 282 g/mol. The molecule has 102 valence electrons. The van der Waals surface area contributed by atoms with Crippen molar-refractivity contribution in [1.82, 2.24) is 5.43 Å². The molecule has 3 heteroatoms. The SMILES string of the molecule is Cc1cscc1C(Cc1cccc2ccccc12)NN. The Labute approximate surface area is 123 Å². The Hall–Kier alpha value is -1.68. The topological polar surface area (TPSA) is 38.0 Å². The molecule has 1 atom stereocenters. The van der Waals surface area contributed by atoms with E-state index in [1.165, 1.54) is 27.5 Å². The molecule has 3 N–H and O–H groups in total. The van der Waals surface area contributed by atoms with Gasteiger partial charge in [0.05, 0.1) is 6.04 Å². The van der Waals surface area contributed by atoms with Crippen LogP contribution < -0.4 is 11.3 Å². The number of fused-ring (bicyclic) bond motifs is 1. The third-order valence-electron chi connectivity index (χ3n) is 3.78. The highest BCUT2D eigenvalue weighted by Crippen LogP contribution is 2.27. The van der Waals surface area contributed by atoms with Crippen LogP contribution in [0.5, 0.6) is 0 Å². The average Bonchev–Trinajstić information content (AvgIpc) is 2.91. The maximum absolute atomic E-state index is 5.78. The summed E-state index contributed by atoms with van der Waals surface area (Å²) in [7, 11) is 0. The normalized spacial score (nSPS) is 12.7. The van der Waals surface area contributed by atoms with Crippen molar-refractivity contribution in [1.29, 1.82) is 0 Å². The van der Waals surface area contributed by atoms with E-state index in [2.05, 4.69) is 65.6 Å². The number of benzene rings is 2. The van der Waals surface area contributed by atoms with E-state index >= 15 is 0 Å². The maximum Gasteiger partial charge on any atom is 0.0511 e. The second kappa shape index (κ2) is 5.75. The fourth-order valence-corrected chi connectivity index (χ4v) is 3.58. The van der Waals surface area contributed by atoms with Gasteiger partial charge in [0.1, 0.15) is 0 Å². The second-order valence-electron chi connectivity index (χ2n) is 5.07. The first kappa shape index (κ1) is 13.3. The molecule has 0 aliphatic heterocycles. The molecule has 3 aromatic rings. The number of rotatable bonds is 4. The van der Waals surface area contributed by atoms with Gasteiger partial charge in [0, 0.05) is 0 Å². The van der Waals surface area contributed by atoms with Crippen LogP contribution in [0.25, 0.3) is 10.8 Å². The van der Waals surface area contributed by atoms with Crippen molar-refractivity contribution in [3.63, 3.8) is 0 Å². The van der Waals surface area contributed by atoms with Crippen molar-refractivity contribution in [2.75, 3.05) is 0 Å². The smallest absolute Gasteiger partial charge is 0.0511 e. The van der Waals surface area contributed by atoms with Crippen LogP contribution in [0.1, 0.15) is 22.7 Å². The van der Waals surface area contributed by atoms with Gasteiger partial charge in [-0.05, 0) is 51.6 Å². The molecule has 0 amide bonds. The summed E-state index contributed by atoms with van der Waals surface area (Å²) in [6.07, 6.45) is 0.898. The third kappa shape index (κ3) is 2.48. The molecule has 1 heterocycles. The molecule has 0 fully saturated rings. The fraction of sp³-hybridized carbons (Fsp3) is 0.176. The van der Waals surface area contributed by atoms with Gasteiger partial charge in [-0.1, -0.05) is 42.5 Å². The number of thiophene rings is 1. The lowest BCUT2D eigenvalue weighted by Gasteiger charge is -2.17. The van der Waals surface area contributed by atoms with E-state index in [4.69, 9.17) is 5.84 Å². The molecule has 2 nitrogen and oxygen atoms in total. The summed E-state index contributed by atoms with van der Waals surface area (Å²) in [5.74, 6) is 5.78. The van der Waals surface area contributed by atoms with Crippen LogP contribution in [0.2, 0.25) is 0 Å². The van der Waals surface area contributed by atoms with E-state index in [-0.39, 0.29) is 6.04 Å². The van der Waals surface area contributed by atoms with Crippen LogP contribution in [0, 0.1) is 6.92 Å². The van der Waals surface area contributed by atoms with E-state index in [9.17, 15) is 0 Å². The quantitative estimate of drug-likeness (QED) is 0.561. The number of hydrogen-bond donors (Lipinski definition) is 2. The molecular formula is C17H18N2S. The standard InChI is InChI=1S/C17H18N2S/c1-12-10-20-11-16(12)17(19-18)9-14-7-4-6-13-5-2-3-8-15(13)14/h2-8,10-11,17,19H,9,18H2,1H3. The van der Waals surface area contributed by atoms with Gasteiger partial charge < -0.3 is 0 Å². The highest BCUT2D eigenvalue weighted by Gasteiger charge is 2.14. The van der Waals surface area contributed by atoms with Crippen LogP contribution in [-0.2, 0) is 6.42 Å². The summed E-state index contributed by atoms with van der Waals surface area (Å²) in [5.41, 5.74) is 6.90. The summed E-state index contributed by atoms with van der Waals surface area (Å²) in [4.78, 5) is 0. The molecule has 0 aliphatic rings. The van der Waals surface area contributed by atoms with Gasteiger partial charge in [0.15, 0.2) is 0 Å². The summed E-state index contributed by atoms with van der Waals surface area (Å²) >= 11 is 1.73. The van der Waals surface area contributed by atoms with Crippen LogP contribution in [0.3, 0.4) is 0 Å². The first-order chi connectivity index (χ1) is 9.79. The number of hydrogen-bond acceptors (Lipinski definition) is 3. The predicted molar refractivity (Wildman–Crippen MR) is 86.8 cm³/mol. The van der Waals surface area contributed by atoms with Gasteiger partial charge in [-0.2, -0.15) is 11.3 Å². The number of nitrogens with two attached hydrogens (primary N) is 1. The number of aryl methyl sites for hydroxylation is 1. The van der Waals surface area contributed by atoms with Crippen LogP contribution >= 0.6 is 11.3 Å². The molecule has 3 rings (SSSR count). The zero-order valence-electron chi connectivity index (χ0n) is 11.5.